The summed E-state index contributed by atoms with van der Waals surface area (Å²) in [6, 6.07) is 13.6. The Kier molecular flexibility index (Phi) is 5.46. The fourth-order valence-corrected chi connectivity index (χ4v) is 4.54. The molecule has 6 nitrogen and oxygen atoms in total. The van der Waals surface area contributed by atoms with E-state index in [4.69, 9.17) is 5.26 Å². The number of carbonyl (C=O) groups excluding carboxylic acids is 1. The van der Waals surface area contributed by atoms with Crippen molar-refractivity contribution in [1.29, 1.82) is 5.26 Å². The molecule has 2 aromatic heterocycles. The number of thiophene rings is 1. The summed E-state index contributed by atoms with van der Waals surface area (Å²) < 4.78 is 2.20. The Balaban J connectivity index is 1.46. The molecular weight excluding hydrogens is 390 g/mol. The highest BCUT2D eigenvalue weighted by Gasteiger charge is 2.31. The Morgan fingerprint density at radius 3 is 2.96 bits per heavy atom. The first kappa shape index (κ1) is 18.7. The van der Waals surface area contributed by atoms with Gasteiger partial charge in [-0.2, -0.15) is 5.26 Å². The normalized spacial score (nSPS) is 14.4. The highest BCUT2D eigenvalue weighted by Crippen LogP contribution is 2.40. The minimum atomic E-state index is -0.331. The number of nitrogens with zero attached hydrogens (tertiary/aromatic N) is 4. The number of carbonyl (C=O) groups is 1. The van der Waals surface area contributed by atoms with Crippen molar-refractivity contribution >= 4 is 34.7 Å². The largest absolute Gasteiger partial charge is 0.325 e. The fourth-order valence-electron chi connectivity index (χ4n) is 2.90. The van der Waals surface area contributed by atoms with Gasteiger partial charge in [-0.15, -0.1) is 21.5 Å². The lowest BCUT2D eigenvalue weighted by molar-refractivity contribution is -0.115. The summed E-state index contributed by atoms with van der Waals surface area (Å²) in [5.41, 5.74) is 1.14. The number of nitrogens with one attached hydrogen (secondary N) is 1. The number of rotatable bonds is 7. The van der Waals surface area contributed by atoms with Gasteiger partial charge in [0.2, 0.25) is 5.91 Å². The van der Waals surface area contributed by atoms with Gasteiger partial charge in [-0.25, -0.2) is 0 Å². The Morgan fingerprint density at radius 1 is 1.39 bits per heavy atom. The van der Waals surface area contributed by atoms with Gasteiger partial charge in [0, 0.05) is 23.0 Å². The summed E-state index contributed by atoms with van der Waals surface area (Å²) in [5, 5.41) is 23.2. The van der Waals surface area contributed by atoms with Crippen LogP contribution in [-0.2, 0) is 11.2 Å². The predicted molar refractivity (Wildman–Crippen MR) is 111 cm³/mol. The summed E-state index contributed by atoms with van der Waals surface area (Å²) in [6.45, 7) is 1.86. The number of hydrogen-bond acceptors (Lipinski definition) is 6. The lowest BCUT2D eigenvalue weighted by Crippen LogP contribution is -2.23. The first-order chi connectivity index (χ1) is 13.6. The highest BCUT2D eigenvalue weighted by molar-refractivity contribution is 8.00. The lowest BCUT2D eigenvalue weighted by atomic mass is 10.2. The molecule has 4 rings (SSSR count). The highest BCUT2D eigenvalue weighted by atomic mass is 32.2. The molecular formula is C20H19N5OS2. The number of nitriles is 1. The van der Waals surface area contributed by atoms with E-state index in [1.54, 1.807) is 35.6 Å². The van der Waals surface area contributed by atoms with E-state index in [9.17, 15) is 4.79 Å². The van der Waals surface area contributed by atoms with Gasteiger partial charge in [-0.1, -0.05) is 23.9 Å². The molecule has 0 saturated heterocycles. The summed E-state index contributed by atoms with van der Waals surface area (Å²) in [5.74, 6) is 0.840. The summed E-state index contributed by atoms with van der Waals surface area (Å²) in [6.07, 6.45) is 3.03. The minimum absolute atomic E-state index is 0.120. The third-order valence-electron chi connectivity index (χ3n) is 4.47. The molecule has 0 bridgehead atoms. The van der Waals surface area contributed by atoms with Crippen LogP contribution in [0.1, 0.15) is 42.1 Å². The molecule has 1 aromatic carbocycles. The van der Waals surface area contributed by atoms with Crippen LogP contribution in [0.25, 0.3) is 0 Å². The van der Waals surface area contributed by atoms with Crippen molar-refractivity contribution in [3.05, 3.63) is 58.0 Å². The minimum Gasteiger partial charge on any atom is -0.325 e. The molecule has 8 heteroatoms. The molecule has 28 heavy (non-hydrogen) atoms. The van der Waals surface area contributed by atoms with Crippen molar-refractivity contribution in [2.24, 2.45) is 0 Å². The maximum Gasteiger partial charge on any atom is 0.237 e. The summed E-state index contributed by atoms with van der Waals surface area (Å²) in [7, 11) is 0. The van der Waals surface area contributed by atoms with Crippen molar-refractivity contribution in [1.82, 2.24) is 14.8 Å². The lowest BCUT2D eigenvalue weighted by Gasteiger charge is -2.13. The van der Waals surface area contributed by atoms with Crippen LogP contribution in [0.2, 0.25) is 0 Å². The van der Waals surface area contributed by atoms with Gasteiger partial charge in [0.25, 0.3) is 0 Å². The molecule has 3 aromatic rings. The second kappa shape index (κ2) is 8.17. The molecule has 1 amide bonds. The van der Waals surface area contributed by atoms with Crippen LogP contribution in [0, 0.1) is 11.3 Å². The van der Waals surface area contributed by atoms with E-state index in [2.05, 4.69) is 37.6 Å². The van der Waals surface area contributed by atoms with E-state index in [1.165, 1.54) is 16.6 Å². The molecule has 1 aliphatic carbocycles. The third kappa shape index (κ3) is 4.26. The zero-order chi connectivity index (χ0) is 19.5. The van der Waals surface area contributed by atoms with Gasteiger partial charge in [-0.3, -0.25) is 4.79 Å². The fraction of sp³-hybridized carbons (Fsp3) is 0.300. The zero-order valence-electron chi connectivity index (χ0n) is 15.3. The standard InChI is InChI=1S/C20H19N5OS2/c1-13(19(26)22-15-5-2-4-14(10-15)12-21)28-20-24-23-18(25(20)16-7-8-16)11-17-6-3-9-27-17/h2-6,9-10,13,16H,7-8,11H2,1H3,(H,22,26)/t13-/m0/s1. The summed E-state index contributed by atoms with van der Waals surface area (Å²) >= 11 is 3.14. The second-order valence-corrected chi connectivity index (χ2v) is 9.04. The molecule has 0 radical (unpaired) electrons. The van der Waals surface area contributed by atoms with Gasteiger partial charge < -0.3 is 9.88 Å². The molecule has 0 aliphatic heterocycles. The molecule has 1 N–H and O–H groups in total. The molecule has 0 unspecified atom stereocenters. The Morgan fingerprint density at radius 2 is 2.25 bits per heavy atom. The van der Waals surface area contributed by atoms with Crippen LogP contribution < -0.4 is 5.32 Å². The Bertz CT molecular complexity index is 1020. The van der Waals surface area contributed by atoms with Crippen LogP contribution in [-0.4, -0.2) is 25.9 Å². The van der Waals surface area contributed by atoms with E-state index in [-0.39, 0.29) is 11.2 Å². The number of anilines is 1. The van der Waals surface area contributed by atoms with Crippen LogP contribution in [0.4, 0.5) is 5.69 Å². The average molecular weight is 410 g/mol. The Hall–Kier alpha value is -2.63. The van der Waals surface area contributed by atoms with Gasteiger partial charge in [0.05, 0.1) is 16.9 Å². The van der Waals surface area contributed by atoms with E-state index in [1.807, 2.05) is 13.0 Å². The van der Waals surface area contributed by atoms with E-state index in [0.717, 1.165) is 30.2 Å². The van der Waals surface area contributed by atoms with E-state index in [0.29, 0.717) is 17.3 Å². The first-order valence-electron chi connectivity index (χ1n) is 9.08. The van der Waals surface area contributed by atoms with Gasteiger partial charge in [0.1, 0.15) is 5.82 Å². The molecule has 2 heterocycles. The maximum absolute atomic E-state index is 12.6. The number of aromatic nitrogens is 3. The van der Waals surface area contributed by atoms with Crippen LogP contribution >= 0.6 is 23.1 Å². The maximum atomic E-state index is 12.6. The monoisotopic (exact) mass is 409 g/mol. The van der Waals surface area contributed by atoms with E-state index >= 15 is 0 Å². The Labute approximate surface area is 171 Å². The zero-order valence-corrected chi connectivity index (χ0v) is 17.0. The smallest absolute Gasteiger partial charge is 0.237 e. The number of hydrogen-bond donors (Lipinski definition) is 1. The van der Waals surface area contributed by atoms with Gasteiger partial charge in [-0.05, 0) is 49.4 Å². The van der Waals surface area contributed by atoms with Crippen molar-refractivity contribution in [2.75, 3.05) is 5.32 Å². The van der Waals surface area contributed by atoms with Crippen molar-refractivity contribution < 1.29 is 4.79 Å². The topological polar surface area (TPSA) is 83.6 Å². The molecule has 1 saturated carbocycles. The van der Waals surface area contributed by atoms with Crippen molar-refractivity contribution in [3.63, 3.8) is 0 Å². The van der Waals surface area contributed by atoms with Gasteiger partial charge >= 0.3 is 0 Å². The van der Waals surface area contributed by atoms with Gasteiger partial charge in [0.15, 0.2) is 5.16 Å². The molecule has 0 spiro atoms. The molecule has 142 valence electrons. The quantitative estimate of drug-likeness (QED) is 0.590. The first-order valence-corrected chi connectivity index (χ1v) is 10.8. The van der Waals surface area contributed by atoms with Crippen LogP contribution in [0.5, 0.6) is 0 Å². The SMILES string of the molecule is C[C@H](Sc1nnc(Cc2cccs2)n1C1CC1)C(=O)Nc1cccc(C#N)c1. The van der Waals surface area contributed by atoms with Crippen molar-refractivity contribution in [3.8, 4) is 6.07 Å². The van der Waals surface area contributed by atoms with E-state index < -0.39 is 0 Å². The third-order valence-corrected chi connectivity index (χ3v) is 6.40. The summed E-state index contributed by atoms with van der Waals surface area (Å²) in [4.78, 5) is 13.9. The predicted octanol–water partition coefficient (Wildman–Crippen LogP) is 4.26. The second-order valence-electron chi connectivity index (χ2n) is 6.70. The van der Waals surface area contributed by atoms with Crippen LogP contribution in [0.3, 0.4) is 0 Å². The average Bonchev–Trinajstić information content (AvgIpc) is 3.26. The number of amides is 1. The molecule has 1 fully saturated rings. The number of benzene rings is 1. The molecule has 1 atom stereocenters. The van der Waals surface area contributed by atoms with Crippen molar-refractivity contribution in [2.45, 2.75) is 42.6 Å². The number of thioether (sulfide) groups is 1. The van der Waals surface area contributed by atoms with Crippen LogP contribution in [0.15, 0.2) is 46.9 Å². The molecule has 1 aliphatic rings.